The second-order valence-corrected chi connectivity index (χ2v) is 36.8. The van der Waals surface area contributed by atoms with Gasteiger partial charge in [-0.05, 0) is 101 Å². The molecule has 17 N–H and O–H groups in total. The number of thioether (sulfide) groups is 1. The summed E-state index contributed by atoms with van der Waals surface area (Å²) in [5, 5.41) is 78.4. The van der Waals surface area contributed by atoms with Gasteiger partial charge in [-0.15, -0.1) is 11.8 Å². The number of nitrogens with two attached hydrogens (primary N) is 1. The number of carboxylic acids is 1. The SMILES string of the molecule is CCCC[C@H]1C(=O)N2C[C@@H](O)C[C@@H]2C(=O)N[C@@H](CC(=O)O)C(=O)N[C@@H](C(C)C)C(=O)N(C)[C@H](Cc2ccccc2)C(=O)N[C@@H](Cc2ccc(O)cc2)C(=O)N2C[C@@H](O)C[C@@H]2C(=O)N[C@@H](Cc2c[nH]c3ccccc23)C(=O)N[C@@H](Cc2ccc(O)cc2)C(=O)N[C@H](CC(C)C)C(=O)N[C@H](C(=O)NCC(N)=O)CSCC(=O)N[C@H](Cc2cc(F)c(F)c(F)c2)C(=O)N(C)[C@@H](Cc2ccccc2)C(=O)N1C. The number of carboxylic acid groups (broad SMARTS) is 1. The van der Waals surface area contributed by atoms with Gasteiger partial charge in [0.2, 0.25) is 88.6 Å². The van der Waals surface area contributed by atoms with Crippen LogP contribution in [0.25, 0.3) is 10.9 Å². The van der Waals surface area contributed by atoms with E-state index >= 15 is 56.7 Å². The van der Waals surface area contributed by atoms with E-state index in [9.17, 15) is 58.7 Å². The van der Waals surface area contributed by atoms with E-state index in [0.717, 1.165) is 31.5 Å². The summed E-state index contributed by atoms with van der Waals surface area (Å²) in [6.45, 7) is 6.26. The molecule has 15 atom stereocenters. The number of para-hydroxylation sites is 1. The van der Waals surface area contributed by atoms with Crippen LogP contribution in [0, 0.1) is 29.3 Å². The quantitative estimate of drug-likeness (QED) is 0.0406. The minimum Gasteiger partial charge on any atom is -0.508 e. The molecule has 6 aromatic carbocycles. The van der Waals surface area contributed by atoms with Crippen LogP contribution >= 0.6 is 11.8 Å². The molecule has 4 heterocycles. The highest BCUT2D eigenvalue weighted by molar-refractivity contribution is 8.00. The van der Waals surface area contributed by atoms with E-state index in [1.54, 1.807) is 112 Å². The number of nitrogens with zero attached hydrogens (tertiary/aromatic N) is 5. The van der Waals surface area contributed by atoms with E-state index in [1.807, 2.05) is 0 Å². The first kappa shape index (κ1) is 106. The Hall–Kier alpha value is -14.0. The summed E-state index contributed by atoms with van der Waals surface area (Å²) in [6.07, 6.45) is -5.72. The maximum absolute atomic E-state index is 15.8. The Balaban J connectivity index is 1.07. The number of halogens is 3. The maximum atomic E-state index is 15.8. The van der Waals surface area contributed by atoms with E-state index < -0.39 is 271 Å². The van der Waals surface area contributed by atoms with E-state index in [2.05, 4.69) is 52.8 Å². The first-order chi connectivity index (χ1) is 65.6. The smallest absolute Gasteiger partial charge is 0.305 e. The van der Waals surface area contributed by atoms with Crippen LogP contribution in [0.1, 0.15) is 113 Å². The van der Waals surface area contributed by atoms with Gasteiger partial charge in [0.25, 0.3) is 0 Å². The topological polar surface area (TPSA) is 541 Å². The second kappa shape index (κ2) is 49.2. The number of aliphatic hydroxyl groups excluding tert-OH is 2. The fraction of sp³-hybridized carbons (Fsp3) is 0.443. The first-order valence-electron chi connectivity index (χ1n) is 45.4. The van der Waals surface area contributed by atoms with Gasteiger partial charge in [-0.1, -0.05) is 151 Å². The number of aliphatic carboxylic acids is 1. The first-order valence-corrected chi connectivity index (χ1v) is 46.6. The third kappa shape index (κ3) is 28.8. The van der Waals surface area contributed by atoms with Gasteiger partial charge < -0.3 is 109 Å². The van der Waals surface area contributed by atoms with Crippen LogP contribution < -0.4 is 53.6 Å². The van der Waals surface area contributed by atoms with Crippen molar-refractivity contribution in [3.63, 3.8) is 0 Å². The lowest BCUT2D eigenvalue weighted by Crippen LogP contribution is -2.62. The van der Waals surface area contributed by atoms with Crippen LogP contribution in [0.4, 0.5) is 13.2 Å². The predicted octanol–water partition coefficient (Wildman–Crippen LogP) is 1.75. The monoisotopic (exact) mass is 1930 g/mol. The van der Waals surface area contributed by atoms with Gasteiger partial charge in [0.1, 0.15) is 90.0 Å². The molecule has 10 rings (SSSR count). The number of carbonyl (C=O) groups excluding carboxylic acids is 15. The van der Waals surface area contributed by atoms with Crippen molar-refractivity contribution >= 4 is 117 Å². The molecule has 740 valence electrons. The zero-order valence-corrected chi connectivity index (χ0v) is 78.4. The molecular weight excluding hydrogens is 1810 g/mol. The van der Waals surface area contributed by atoms with Gasteiger partial charge >= 0.3 is 5.97 Å². The molecule has 1 aromatic heterocycles. The van der Waals surface area contributed by atoms with Crippen LogP contribution in [-0.4, -0.2) is 293 Å². The molecule has 7 aromatic rings. The van der Waals surface area contributed by atoms with Crippen molar-refractivity contribution in [1.29, 1.82) is 0 Å². The molecule has 3 fully saturated rings. The number of H-pyrrole nitrogens is 1. The molecule has 0 bridgehead atoms. The number of hydrogen-bond donors (Lipinski definition) is 16. The number of aromatic hydroxyl groups is 2. The van der Waals surface area contributed by atoms with E-state index in [-0.39, 0.29) is 68.4 Å². The van der Waals surface area contributed by atoms with Crippen molar-refractivity contribution in [2.75, 3.05) is 52.3 Å². The molecule has 37 nitrogen and oxygen atoms in total. The minimum absolute atomic E-state index is 0.141. The third-order valence-corrected chi connectivity index (χ3v) is 25.5. The molecule has 0 unspecified atom stereocenters. The highest BCUT2D eigenvalue weighted by atomic mass is 32.2. The van der Waals surface area contributed by atoms with Crippen LogP contribution in [0.2, 0.25) is 0 Å². The Morgan fingerprint density at radius 1 is 0.493 bits per heavy atom. The summed E-state index contributed by atoms with van der Waals surface area (Å²) in [4.78, 5) is 247. The summed E-state index contributed by atoms with van der Waals surface area (Å²) in [6, 6.07) is 13.2. The van der Waals surface area contributed by atoms with Gasteiger partial charge in [-0.2, -0.15) is 0 Å². The van der Waals surface area contributed by atoms with Crippen molar-refractivity contribution in [3.05, 3.63) is 203 Å². The number of unbranched alkanes of at least 4 members (excludes halogenated alkanes) is 1. The second-order valence-electron chi connectivity index (χ2n) is 35.7. The van der Waals surface area contributed by atoms with Gasteiger partial charge in [-0.3, -0.25) is 76.7 Å². The van der Waals surface area contributed by atoms with Crippen LogP contribution in [0.3, 0.4) is 0 Å². The van der Waals surface area contributed by atoms with Crippen LogP contribution in [-0.2, 0) is 115 Å². The lowest BCUT2D eigenvalue weighted by atomic mass is 9.98. The Morgan fingerprint density at radius 2 is 0.957 bits per heavy atom. The molecule has 0 saturated carbocycles. The van der Waals surface area contributed by atoms with Gasteiger partial charge in [0, 0.05) is 108 Å². The number of aromatic nitrogens is 1. The van der Waals surface area contributed by atoms with Gasteiger partial charge in [-0.25, -0.2) is 13.2 Å². The molecule has 41 heteroatoms. The number of aromatic amines is 1. The fourth-order valence-electron chi connectivity index (χ4n) is 17.0. The number of benzene rings is 6. The number of likely N-dealkylation sites (N-methyl/N-ethyl adjacent to an activating group) is 3. The largest absolute Gasteiger partial charge is 0.508 e. The molecule has 0 aliphatic carbocycles. The van der Waals surface area contributed by atoms with E-state index in [0.29, 0.717) is 69.0 Å². The zero-order valence-electron chi connectivity index (χ0n) is 77.6. The lowest BCUT2D eigenvalue weighted by Gasteiger charge is -2.38. The van der Waals surface area contributed by atoms with Crippen molar-refractivity contribution in [2.24, 2.45) is 17.6 Å². The molecule has 0 radical (unpaired) electrons. The highest BCUT2D eigenvalue weighted by Gasteiger charge is 2.49. The Labute approximate surface area is 798 Å². The molecular formula is C97H119F3N16O21S. The van der Waals surface area contributed by atoms with Crippen molar-refractivity contribution in [2.45, 2.75) is 209 Å². The molecule has 3 aliphatic rings. The zero-order chi connectivity index (χ0) is 101. The standard InChI is InChI=1S/C97H119F3N16O21S/c1-9-10-25-75-96(136)116-49-63(120)44-78(116)92(132)108-71(45-82(123)124)89(129)111-84(53(4)5)97(137)113(7)76(40-54-19-13-11-14-20-54)90(130)109-73(38-57-28-32-61(118)33-29-57)94(134)115-48-62(119)43-77(115)91(131)107-70(42-59-46-102-67-24-18-17-23-64(59)67)88(128)106-69(37-56-26-30-60(117)31-27-56)87(127)105-68(34-52(2)3)86(126)110-74(85(125)103-47-80(101)121)50-138-51-81(122)104-72(39-58-35-65(98)83(100)66(99)36-58)93(133)114(8)79(95(135)112(75)6)41-55-21-15-12-16-22-55/h11-24,26-33,35-36,46,52-53,62-63,68-79,84,102,117-120H,9-10,25,34,37-45,47-51H2,1-8H3,(H2,101,121)(H,103,125)(H,104,122)(H,105,127)(H,106,128)(H,107,131)(H,108,132)(H,109,130)(H,110,126)(H,111,129)(H,123,124)/t62-,63-,68+,69-,70-,71-,72+,73-,74-,75-,76+,77+,78+,79-,84-/m0/s1. The minimum atomic E-state index is -2.06. The Kier molecular flexibility index (Phi) is 37.8. The lowest BCUT2D eigenvalue weighted by molar-refractivity contribution is -0.152. The number of phenolic OH excluding ortho intramolecular Hbond substituents is 2. The van der Waals surface area contributed by atoms with Crippen LogP contribution in [0.5, 0.6) is 11.5 Å². The number of aliphatic hydroxyl groups is 2. The average molecular weight is 1930 g/mol. The molecule has 15 amide bonds. The number of carbonyl (C=O) groups is 16. The number of nitrogens with one attached hydrogen (secondary N) is 10. The number of amides is 15. The number of hydrogen-bond acceptors (Lipinski definition) is 21. The average Bonchev–Trinajstić information content (AvgIpc) is 1.62. The third-order valence-electron chi connectivity index (χ3n) is 24.4. The van der Waals surface area contributed by atoms with Crippen molar-refractivity contribution < 1.29 is 115 Å². The highest BCUT2D eigenvalue weighted by Crippen LogP contribution is 2.30. The summed E-state index contributed by atoms with van der Waals surface area (Å²) < 4.78 is 45.2. The molecule has 3 saturated heterocycles. The predicted molar refractivity (Wildman–Crippen MR) is 499 cm³/mol. The normalized spacial score (nSPS) is 24.2. The van der Waals surface area contributed by atoms with Gasteiger partial charge in [0.15, 0.2) is 17.5 Å². The maximum Gasteiger partial charge on any atom is 0.305 e. The molecule has 138 heavy (non-hydrogen) atoms. The summed E-state index contributed by atoms with van der Waals surface area (Å²) in [5.74, 6) is -25.6. The summed E-state index contributed by atoms with van der Waals surface area (Å²) in [5.41, 5.74) is 7.64. The Bertz CT molecular complexity index is 5530. The summed E-state index contributed by atoms with van der Waals surface area (Å²) in [7, 11) is 3.62. The van der Waals surface area contributed by atoms with Crippen molar-refractivity contribution in [3.8, 4) is 11.5 Å². The number of phenols is 2. The van der Waals surface area contributed by atoms with Crippen molar-refractivity contribution in [1.82, 2.24) is 77.3 Å². The fourth-order valence-corrected chi connectivity index (χ4v) is 17.9. The van der Waals surface area contributed by atoms with E-state index in [4.69, 9.17) is 5.73 Å². The summed E-state index contributed by atoms with van der Waals surface area (Å²) >= 11 is 0.650. The molecule has 3 aliphatic heterocycles. The van der Waals surface area contributed by atoms with Gasteiger partial charge in [0.05, 0.1) is 30.9 Å². The number of fused-ring (bicyclic) bond motifs is 3. The van der Waals surface area contributed by atoms with Crippen LogP contribution in [0.15, 0.2) is 152 Å². The molecule has 0 spiro atoms. The number of primary amides is 1. The Morgan fingerprint density at radius 3 is 1.51 bits per heavy atom. The number of rotatable bonds is 23. The van der Waals surface area contributed by atoms with E-state index in [1.165, 1.54) is 76.5 Å².